The molecule has 5 nitrogen and oxygen atoms in total. The fourth-order valence-corrected chi connectivity index (χ4v) is 2.28. The molecule has 1 aromatic heterocycles. The number of carbonyl (C=O) groups excluding carboxylic acids is 2. The molecule has 2 aromatic rings. The van der Waals surface area contributed by atoms with Crippen molar-refractivity contribution in [3.05, 3.63) is 46.7 Å². The largest absolute Gasteiger partial charge is 0.325 e. The third-order valence-corrected chi connectivity index (χ3v) is 3.83. The lowest BCUT2D eigenvalue weighted by Gasteiger charge is -2.12. The Morgan fingerprint density at radius 2 is 1.81 bits per heavy atom. The summed E-state index contributed by atoms with van der Waals surface area (Å²) in [7, 11) is 1.72. The predicted molar refractivity (Wildman–Crippen MR) is 85.9 cm³/mol. The van der Waals surface area contributed by atoms with Crippen molar-refractivity contribution in [2.45, 2.75) is 13.0 Å². The van der Waals surface area contributed by atoms with Gasteiger partial charge in [0.15, 0.2) is 0 Å². The normalized spacial score (nSPS) is 11.7. The second-order valence-electron chi connectivity index (χ2n) is 4.51. The number of nitrogens with one attached hydrogen (secondary N) is 3. The molecule has 1 heterocycles. The minimum atomic E-state index is -0.283. The molecule has 0 bridgehead atoms. The summed E-state index contributed by atoms with van der Waals surface area (Å²) < 4.78 is 0. The maximum absolute atomic E-state index is 12.0. The van der Waals surface area contributed by atoms with Gasteiger partial charge in [0.1, 0.15) is 0 Å². The van der Waals surface area contributed by atoms with E-state index in [4.69, 9.17) is 0 Å². The lowest BCUT2D eigenvalue weighted by Crippen LogP contribution is -2.35. The van der Waals surface area contributed by atoms with Crippen LogP contribution < -0.4 is 16.0 Å². The van der Waals surface area contributed by atoms with Crippen molar-refractivity contribution in [1.29, 1.82) is 0 Å². The van der Waals surface area contributed by atoms with Gasteiger partial charge in [-0.2, -0.15) is 0 Å². The zero-order chi connectivity index (χ0) is 15.2. The third kappa shape index (κ3) is 4.14. The quantitative estimate of drug-likeness (QED) is 0.795. The Kier molecular flexibility index (Phi) is 5.08. The summed E-state index contributed by atoms with van der Waals surface area (Å²) in [5.74, 6) is -0.281. The SMILES string of the molecule is CNC(C)C(=O)Nc1cccc(NC(=O)c2cccs2)c1. The van der Waals surface area contributed by atoms with E-state index >= 15 is 0 Å². The van der Waals surface area contributed by atoms with Crippen LogP contribution in [0.15, 0.2) is 41.8 Å². The highest BCUT2D eigenvalue weighted by molar-refractivity contribution is 7.12. The lowest BCUT2D eigenvalue weighted by atomic mass is 10.2. The summed E-state index contributed by atoms with van der Waals surface area (Å²) in [5, 5.41) is 10.3. The number of carbonyl (C=O) groups is 2. The Hall–Kier alpha value is -2.18. The summed E-state index contributed by atoms with van der Waals surface area (Å²) in [4.78, 5) is 24.4. The first-order valence-electron chi connectivity index (χ1n) is 6.53. The number of rotatable bonds is 5. The van der Waals surface area contributed by atoms with E-state index in [0.717, 1.165) is 0 Å². The van der Waals surface area contributed by atoms with Crippen LogP contribution in [0.5, 0.6) is 0 Å². The van der Waals surface area contributed by atoms with Crippen LogP contribution in [0.2, 0.25) is 0 Å². The van der Waals surface area contributed by atoms with Crippen molar-refractivity contribution in [3.63, 3.8) is 0 Å². The average molecular weight is 303 g/mol. The smallest absolute Gasteiger partial charge is 0.265 e. The molecule has 0 aliphatic rings. The van der Waals surface area contributed by atoms with E-state index in [0.29, 0.717) is 16.3 Å². The van der Waals surface area contributed by atoms with Gasteiger partial charge in [-0.15, -0.1) is 11.3 Å². The van der Waals surface area contributed by atoms with Gasteiger partial charge < -0.3 is 16.0 Å². The topological polar surface area (TPSA) is 70.2 Å². The van der Waals surface area contributed by atoms with Crippen molar-refractivity contribution in [2.75, 3.05) is 17.7 Å². The maximum Gasteiger partial charge on any atom is 0.265 e. The standard InChI is InChI=1S/C15H17N3O2S/c1-10(16-2)14(19)17-11-5-3-6-12(9-11)18-15(20)13-7-4-8-21-13/h3-10,16H,1-2H3,(H,17,19)(H,18,20). The Morgan fingerprint density at radius 3 is 2.43 bits per heavy atom. The van der Waals surface area contributed by atoms with Crippen LogP contribution in [0.25, 0.3) is 0 Å². The molecule has 0 fully saturated rings. The fraction of sp³-hybridized carbons (Fsp3) is 0.200. The molecule has 1 atom stereocenters. The Bertz CT molecular complexity index is 626. The van der Waals surface area contributed by atoms with Crippen molar-refractivity contribution in [2.24, 2.45) is 0 Å². The number of likely N-dealkylation sites (N-methyl/N-ethyl adjacent to an activating group) is 1. The van der Waals surface area contributed by atoms with Gasteiger partial charge in [0.2, 0.25) is 5.91 Å². The molecule has 0 aliphatic carbocycles. The summed E-state index contributed by atoms with van der Waals surface area (Å²) in [6, 6.07) is 10.4. The summed E-state index contributed by atoms with van der Waals surface area (Å²) in [6.45, 7) is 1.78. The van der Waals surface area contributed by atoms with Crippen LogP contribution in [0.1, 0.15) is 16.6 Å². The molecule has 3 N–H and O–H groups in total. The van der Waals surface area contributed by atoms with Gasteiger partial charge in [-0.1, -0.05) is 12.1 Å². The van der Waals surface area contributed by atoms with Gasteiger partial charge in [-0.05, 0) is 43.6 Å². The van der Waals surface area contributed by atoms with Crippen LogP contribution in [-0.4, -0.2) is 24.9 Å². The Morgan fingerprint density at radius 1 is 1.10 bits per heavy atom. The lowest BCUT2D eigenvalue weighted by molar-refractivity contribution is -0.117. The van der Waals surface area contributed by atoms with E-state index in [9.17, 15) is 9.59 Å². The summed E-state index contributed by atoms with van der Waals surface area (Å²) >= 11 is 1.38. The van der Waals surface area contributed by atoms with Gasteiger partial charge in [0, 0.05) is 11.4 Å². The molecule has 0 aliphatic heterocycles. The average Bonchev–Trinajstić information content (AvgIpc) is 3.01. The Labute approximate surface area is 127 Å². The van der Waals surface area contributed by atoms with Gasteiger partial charge in [0.05, 0.1) is 10.9 Å². The molecule has 2 amide bonds. The zero-order valence-corrected chi connectivity index (χ0v) is 12.7. The minimum absolute atomic E-state index is 0.126. The first kappa shape index (κ1) is 15.2. The van der Waals surface area contributed by atoms with Crippen molar-refractivity contribution < 1.29 is 9.59 Å². The molecule has 0 saturated carbocycles. The predicted octanol–water partition coefficient (Wildman–Crippen LogP) is 2.55. The minimum Gasteiger partial charge on any atom is -0.325 e. The van der Waals surface area contributed by atoms with E-state index < -0.39 is 0 Å². The van der Waals surface area contributed by atoms with Crippen molar-refractivity contribution in [3.8, 4) is 0 Å². The number of anilines is 2. The molecule has 0 spiro atoms. The van der Waals surface area contributed by atoms with Crippen molar-refractivity contribution in [1.82, 2.24) is 5.32 Å². The monoisotopic (exact) mass is 303 g/mol. The highest BCUT2D eigenvalue weighted by Gasteiger charge is 2.11. The molecule has 0 saturated heterocycles. The maximum atomic E-state index is 12.0. The molecule has 110 valence electrons. The molecular weight excluding hydrogens is 286 g/mol. The zero-order valence-electron chi connectivity index (χ0n) is 11.8. The third-order valence-electron chi connectivity index (χ3n) is 2.96. The van der Waals surface area contributed by atoms with Gasteiger partial charge >= 0.3 is 0 Å². The number of amides is 2. The first-order chi connectivity index (χ1) is 10.1. The van der Waals surface area contributed by atoms with Gasteiger partial charge in [-0.25, -0.2) is 0 Å². The molecular formula is C15H17N3O2S. The number of hydrogen-bond donors (Lipinski definition) is 3. The number of thiophene rings is 1. The van der Waals surface area contributed by atoms with Crippen LogP contribution >= 0.6 is 11.3 Å². The van der Waals surface area contributed by atoms with E-state index in [1.807, 2.05) is 11.4 Å². The van der Waals surface area contributed by atoms with Crippen LogP contribution in [0.3, 0.4) is 0 Å². The van der Waals surface area contributed by atoms with E-state index in [2.05, 4.69) is 16.0 Å². The second kappa shape index (κ2) is 7.01. The molecule has 1 unspecified atom stereocenters. The second-order valence-corrected chi connectivity index (χ2v) is 5.46. The molecule has 2 rings (SSSR count). The molecule has 0 radical (unpaired) electrons. The van der Waals surface area contributed by atoms with Crippen LogP contribution in [-0.2, 0) is 4.79 Å². The number of hydrogen-bond acceptors (Lipinski definition) is 4. The highest BCUT2D eigenvalue weighted by Crippen LogP contribution is 2.17. The summed E-state index contributed by atoms with van der Waals surface area (Å²) in [5.41, 5.74) is 1.29. The first-order valence-corrected chi connectivity index (χ1v) is 7.41. The molecule has 1 aromatic carbocycles. The van der Waals surface area contributed by atoms with Crippen LogP contribution in [0.4, 0.5) is 11.4 Å². The number of benzene rings is 1. The molecule has 6 heteroatoms. The van der Waals surface area contributed by atoms with Crippen LogP contribution in [0, 0.1) is 0 Å². The van der Waals surface area contributed by atoms with E-state index in [1.165, 1.54) is 11.3 Å². The van der Waals surface area contributed by atoms with Crippen molar-refractivity contribution >= 4 is 34.5 Å². The fourth-order valence-electron chi connectivity index (χ4n) is 1.66. The highest BCUT2D eigenvalue weighted by atomic mass is 32.1. The van der Waals surface area contributed by atoms with Gasteiger partial charge in [-0.3, -0.25) is 9.59 Å². The van der Waals surface area contributed by atoms with E-state index in [-0.39, 0.29) is 17.9 Å². The summed E-state index contributed by atoms with van der Waals surface area (Å²) in [6.07, 6.45) is 0. The van der Waals surface area contributed by atoms with Gasteiger partial charge in [0.25, 0.3) is 5.91 Å². The van der Waals surface area contributed by atoms with E-state index in [1.54, 1.807) is 44.3 Å². The Balaban J connectivity index is 2.04. The molecule has 21 heavy (non-hydrogen) atoms.